The first kappa shape index (κ1) is 15.4. The summed E-state index contributed by atoms with van der Waals surface area (Å²) in [4.78, 5) is 14.6. The molecule has 0 fully saturated rings. The molecule has 4 nitrogen and oxygen atoms in total. The molecule has 0 spiro atoms. The minimum Gasteiger partial charge on any atom is -0.320 e. The van der Waals surface area contributed by atoms with Gasteiger partial charge < -0.3 is 5.32 Å². The summed E-state index contributed by atoms with van der Waals surface area (Å²) >= 11 is 1.63. The highest BCUT2D eigenvalue weighted by atomic mass is 32.2. The summed E-state index contributed by atoms with van der Waals surface area (Å²) in [6.07, 6.45) is 1.64. The van der Waals surface area contributed by atoms with Crippen LogP contribution in [0.5, 0.6) is 0 Å². The Morgan fingerprint density at radius 3 is 2.61 bits per heavy atom. The average molecular weight is 323 g/mol. The maximum atomic E-state index is 12.5. The first-order valence-electron chi connectivity index (χ1n) is 7.43. The number of nitrogens with zero attached hydrogens (tertiary/aromatic N) is 2. The number of amides is 1. The molecule has 23 heavy (non-hydrogen) atoms. The number of aryl methyl sites for hydroxylation is 1. The van der Waals surface area contributed by atoms with Crippen molar-refractivity contribution in [2.24, 2.45) is 0 Å². The van der Waals surface area contributed by atoms with E-state index in [-0.39, 0.29) is 5.91 Å². The number of nitrogens with one attached hydrogen (secondary N) is 1. The average Bonchev–Trinajstić information content (AvgIpc) is 3.06. The van der Waals surface area contributed by atoms with Gasteiger partial charge in [-0.05, 0) is 37.3 Å². The SMILES string of the molecule is CCn1nccc1C(=O)Nc1ccccc1Sc1ccccc1. The third kappa shape index (κ3) is 3.63. The van der Waals surface area contributed by atoms with Crippen molar-refractivity contribution < 1.29 is 4.79 Å². The van der Waals surface area contributed by atoms with Gasteiger partial charge in [0, 0.05) is 22.5 Å². The Kier molecular flexibility index (Phi) is 4.78. The van der Waals surface area contributed by atoms with Crippen molar-refractivity contribution in [1.29, 1.82) is 0 Å². The minimum atomic E-state index is -0.148. The van der Waals surface area contributed by atoms with Crippen LogP contribution in [0.2, 0.25) is 0 Å². The standard InChI is InChI=1S/C18H17N3OS/c1-2-21-16(12-13-19-21)18(22)20-15-10-6-7-11-17(15)23-14-8-4-3-5-9-14/h3-13H,2H2,1H3,(H,20,22). The lowest BCUT2D eigenvalue weighted by Gasteiger charge is -2.11. The monoisotopic (exact) mass is 323 g/mol. The first-order chi connectivity index (χ1) is 11.3. The highest BCUT2D eigenvalue weighted by Crippen LogP contribution is 2.33. The molecular weight excluding hydrogens is 306 g/mol. The van der Waals surface area contributed by atoms with Gasteiger partial charge in [0.2, 0.25) is 0 Å². The van der Waals surface area contributed by atoms with E-state index in [1.54, 1.807) is 28.7 Å². The third-order valence-corrected chi connectivity index (χ3v) is 4.44. The van der Waals surface area contributed by atoms with Gasteiger partial charge in [0.15, 0.2) is 0 Å². The van der Waals surface area contributed by atoms with Crippen LogP contribution in [0.25, 0.3) is 0 Å². The maximum Gasteiger partial charge on any atom is 0.273 e. The maximum absolute atomic E-state index is 12.5. The molecule has 1 heterocycles. The molecule has 5 heteroatoms. The second kappa shape index (κ2) is 7.15. The number of para-hydroxylation sites is 1. The van der Waals surface area contributed by atoms with Crippen molar-refractivity contribution in [2.45, 2.75) is 23.3 Å². The normalized spacial score (nSPS) is 10.5. The van der Waals surface area contributed by atoms with Crippen LogP contribution in [0.4, 0.5) is 5.69 Å². The molecule has 3 rings (SSSR count). The molecule has 3 aromatic rings. The molecule has 0 radical (unpaired) electrons. The van der Waals surface area contributed by atoms with E-state index in [1.165, 1.54) is 0 Å². The Balaban J connectivity index is 1.82. The molecule has 1 aromatic heterocycles. The van der Waals surface area contributed by atoms with Crippen LogP contribution >= 0.6 is 11.8 Å². The Hall–Kier alpha value is -2.53. The largest absolute Gasteiger partial charge is 0.320 e. The smallest absolute Gasteiger partial charge is 0.273 e. The molecule has 0 unspecified atom stereocenters. The van der Waals surface area contributed by atoms with Crippen molar-refractivity contribution in [2.75, 3.05) is 5.32 Å². The number of aromatic nitrogens is 2. The lowest BCUT2D eigenvalue weighted by Crippen LogP contribution is -2.17. The molecule has 0 atom stereocenters. The van der Waals surface area contributed by atoms with Gasteiger partial charge in [0.05, 0.1) is 5.69 Å². The van der Waals surface area contributed by atoms with E-state index in [4.69, 9.17) is 0 Å². The van der Waals surface area contributed by atoms with Crippen molar-refractivity contribution in [3.8, 4) is 0 Å². The lowest BCUT2D eigenvalue weighted by atomic mass is 10.3. The molecule has 0 aliphatic rings. The zero-order valence-corrected chi connectivity index (χ0v) is 13.6. The van der Waals surface area contributed by atoms with Crippen LogP contribution in [-0.4, -0.2) is 15.7 Å². The molecule has 1 amide bonds. The molecule has 116 valence electrons. The van der Waals surface area contributed by atoms with E-state index < -0.39 is 0 Å². The van der Waals surface area contributed by atoms with Crippen LogP contribution in [-0.2, 0) is 6.54 Å². The number of hydrogen-bond acceptors (Lipinski definition) is 3. The molecular formula is C18H17N3OS. The Labute approximate surface area is 139 Å². The fraction of sp³-hybridized carbons (Fsp3) is 0.111. The minimum absolute atomic E-state index is 0.148. The van der Waals surface area contributed by atoms with Crippen molar-refractivity contribution in [1.82, 2.24) is 9.78 Å². The van der Waals surface area contributed by atoms with Crippen LogP contribution in [0.1, 0.15) is 17.4 Å². The number of benzene rings is 2. The van der Waals surface area contributed by atoms with Gasteiger partial charge in [-0.2, -0.15) is 5.10 Å². The molecule has 0 saturated heterocycles. The lowest BCUT2D eigenvalue weighted by molar-refractivity contribution is 0.101. The summed E-state index contributed by atoms with van der Waals surface area (Å²) < 4.78 is 1.68. The summed E-state index contributed by atoms with van der Waals surface area (Å²) in [5, 5.41) is 7.13. The number of anilines is 1. The Morgan fingerprint density at radius 2 is 1.83 bits per heavy atom. The molecule has 0 saturated carbocycles. The third-order valence-electron chi connectivity index (χ3n) is 3.35. The van der Waals surface area contributed by atoms with Gasteiger partial charge >= 0.3 is 0 Å². The number of carbonyl (C=O) groups excluding carboxylic acids is 1. The number of rotatable bonds is 5. The van der Waals surface area contributed by atoms with Crippen LogP contribution in [0, 0.1) is 0 Å². The summed E-state index contributed by atoms with van der Waals surface area (Å²) in [5.41, 5.74) is 1.36. The highest BCUT2D eigenvalue weighted by Gasteiger charge is 2.13. The van der Waals surface area contributed by atoms with Crippen LogP contribution < -0.4 is 5.32 Å². The first-order valence-corrected chi connectivity index (χ1v) is 8.24. The number of hydrogen-bond donors (Lipinski definition) is 1. The second-order valence-electron chi connectivity index (χ2n) is 4.90. The quantitative estimate of drug-likeness (QED) is 0.761. The summed E-state index contributed by atoms with van der Waals surface area (Å²) in [6, 6.07) is 19.6. The van der Waals surface area contributed by atoms with E-state index in [0.717, 1.165) is 15.5 Å². The van der Waals surface area contributed by atoms with E-state index in [9.17, 15) is 4.79 Å². The topological polar surface area (TPSA) is 46.9 Å². The van der Waals surface area contributed by atoms with Crippen molar-refractivity contribution in [3.05, 3.63) is 72.6 Å². The molecule has 1 N–H and O–H groups in total. The number of carbonyl (C=O) groups is 1. The molecule has 2 aromatic carbocycles. The zero-order valence-electron chi connectivity index (χ0n) is 12.8. The Morgan fingerprint density at radius 1 is 1.09 bits per heavy atom. The van der Waals surface area contributed by atoms with Gasteiger partial charge in [-0.15, -0.1) is 0 Å². The predicted molar refractivity (Wildman–Crippen MR) is 92.9 cm³/mol. The van der Waals surface area contributed by atoms with E-state index in [1.807, 2.05) is 49.4 Å². The Bertz CT molecular complexity index is 799. The fourth-order valence-electron chi connectivity index (χ4n) is 2.24. The fourth-order valence-corrected chi connectivity index (χ4v) is 3.16. The van der Waals surface area contributed by atoms with E-state index >= 15 is 0 Å². The summed E-state index contributed by atoms with van der Waals surface area (Å²) in [5.74, 6) is -0.148. The van der Waals surface area contributed by atoms with Gasteiger partial charge in [-0.3, -0.25) is 9.48 Å². The second-order valence-corrected chi connectivity index (χ2v) is 6.01. The van der Waals surface area contributed by atoms with E-state index in [0.29, 0.717) is 12.2 Å². The molecule has 0 aliphatic carbocycles. The highest BCUT2D eigenvalue weighted by molar-refractivity contribution is 7.99. The van der Waals surface area contributed by atoms with Crippen LogP contribution in [0.3, 0.4) is 0 Å². The van der Waals surface area contributed by atoms with Crippen molar-refractivity contribution >= 4 is 23.4 Å². The summed E-state index contributed by atoms with van der Waals surface area (Å²) in [6.45, 7) is 2.62. The summed E-state index contributed by atoms with van der Waals surface area (Å²) in [7, 11) is 0. The van der Waals surface area contributed by atoms with Gasteiger partial charge in [-0.1, -0.05) is 42.1 Å². The van der Waals surface area contributed by atoms with Crippen LogP contribution in [0.15, 0.2) is 76.7 Å². The zero-order chi connectivity index (χ0) is 16.1. The van der Waals surface area contributed by atoms with E-state index in [2.05, 4.69) is 22.5 Å². The van der Waals surface area contributed by atoms with Gasteiger partial charge in [-0.25, -0.2) is 0 Å². The predicted octanol–water partition coefficient (Wildman–Crippen LogP) is 4.31. The van der Waals surface area contributed by atoms with Crippen molar-refractivity contribution in [3.63, 3.8) is 0 Å². The molecule has 0 bridgehead atoms. The van der Waals surface area contributed by atoms with Gasteiger partial charge in [0.25, 0.3) is 5.91 Å². The molecule has 0 aliphatic heterocycles. The van der Waals surface area contributed by atoms with Gasteiger partial charge in [0.1, 0.15) is 5.69 Å².